The largest absolute Gasteiger partial charge is 0.352 e. The van der Waals surface area contributed by atoms with Crippen LogP contribution in [0.4, 0.5) is 0 Å². The molecule has 0 spiro atoms. The fourth-order valence-electron chi connectivity index (χ4n) is 4.22. The van der Waals surface area contributed by atoms with E-state index in [2.05, 4.69) is 16.3 Å². The zero-order chi connectivity index (χ0) is 16.8. The Morgan fingerprint density at radius 3 is 2.75 bits per heavy atom. The van der Waals surface area contributed by atoms with E-state index in [0.717, 1.165) is 18.0 Å². The third kappa shape index (κ3) is 4.36. The van der Waals surface area contributed by atoms with Crippen molar-refractivity contribution in [1.29, 1.82) is 5.26 Å². The number of hydrogen-bond donors (Lipinski definition) is 1. The quantitative estimate of drug-likeness (QED) is 0.904. The van der Waals surface area contributed by atoms with E-state index in [1.54, 1.807) is 12.1 Å². The molecule has 1 amide bonds. The molecule has 0 aromatic heterocycles. The van der Waals surface area contributed by atoms with Crippen LogP contribution in [0.25, 0.3) is 0 Å². The van der Waals surface area contributed by atoms with Crippen LogP contribution in [0.1, 0.15) is 56.1 Å². The molecule has 0 unspecified atom stereocenters. The lowest BCUT2D eigenvalue weighted by Gasteiger charge is -2.44. The van der Waals surface area contributed by atoms with Gasteiger partial charge in [-0.3, -0.25) is 4.79 Å². The van der Waals surface area contributed by atoms with Crippen LogP contribution in [-0.4, -0.2) is 29.9 Å². The highest BCUT2D eigenvalue weighted by Gasteiger charge is 2.32. The van der Waals surface area contributed by atoms with E-state index in [1.807, 2.05) is 12.1 Å². The molecule has 1 aromatic carbocycles. The average molecular weight is 325 g/mol. The number of fused-ring (bicyclic) bond motifs is 1. The van der Waals surface area contributed by atoms with Gasteiger partial charge in [-0.15, -0.1) is 0 Å². The lowest BCUT2D eigenvalue weighted by molar-refractivity contribution is -0.121. The van der Waals surface area contributed by atoms with E-state index in [1.165, 1.54) is 45.2 Å². The highest BCUT2D eigenvalue weighted by Crippen LogP contribution is 2.33. The van der Waals surface area contributed by atoms with Gasteiger partial charge in [0.25, 0.3) is 0 Å². The Hall–Kier alpha value is -1.86. The summed E-state index contributed by atoms with van der Waals surface area (Å²) in [5.74, 6) is 0.840. The summed E-state index contributed by atoms with van der Waals surface area (Å²) in [7, 11) is 0. The molecule has 2 aliphatic rings. The molecule has 4 nitrogen and oxygen atoms in total. The second kappa shape index (κ2) is 8.30. The maximum absolute atomic E-state index is 12.2. The molecule has 2 saturated heterocycles. The number of nitrogens with one attached hydrogen (secondary N) is 1. The lowest BCUT2D eigenvalue weighted by atomic mass is 9.81. The summed E-state index contributed by atoms with van der Waals surface area (Å²) < 4.78 is 0. The minimum absolute atomic E-state index is 0.146. The van der Waals surface area contributed by atoms with Crippen molar-refractivity contribution in [2.75, 3.05) is 13.1 Å². The lowest BCUT2D eigenvalue weighted by Crippen LogP contribution is -2.48. The first kappa shape index (κ1) is 17.0. The summed E-state index contributed by atoms with van der Waals surface area (Å²) in [6.07, 6.45) is 8.22. The first-order valence-corrected chi connectivity index (χ1v) is 9.26. The average Bonchev–Trinajstić information content (AvgIpc) is 2.65. The van der Waals surface area contributed by atoms with E-state index in [0.29, 0.717) is 24.4 Å². The van der Waals surface area contributed by atoms with Crippen molar-refractivity contribution in [2.45, 2.75) is 57.5 Å². The second-order valence-corrected chi connectivity index (χ2v) is 7.13. The van der Waals surface area contributed by atoms with E-state index in [9.17, 15) is 4.79 Å². The van der Waals surface area contributed by atoms with Gasteiger partial charge in [0.05, 0.1) is 11.6 Å². The third-order valence-electron chi connectivity index (χ3n) is 5.54. The van der Waals surface area contributed by atoms with Crippen molar-refractivity contribution >= 4 is 5.91 Å². The molecule has 4 heteroatoms. The van der Waals surface area contributed by atoms with Crippen LogP contribution in [-0.2, 0) is 11.3 Å². The van der Waals surface area contributed by atoms with Crippen LogP contribution in [0.5, 0.6) is 0 Å². The Balaban J connectivity index is 1.42. The maximum Gasteiger partial charge on any atom is 0.220 e. The zero-order valence-electron chi connectivity index (χ0n) is 14.3. The summed E-state index contributed by atoms with van der Waals surface area (Å²) in [5.41, 5.74) is 1.69. The topological polar surface area (TPSA) is 56.1 Å². The second-order valence-electron chi connectivity index (χ2n) is 7.13. The van der Waals surface area contributed by atoms with Crippen LogP contribution in [0.15, 0.2) is 24.3 Å². The van der Waals surface area contributed by atoms with Gasteiger partial charge in [0.1, 0.15) is 0 Å². The number of carbonyl (C=O) groups is 1. The van der Waals surface area contributed by atoms with Crippen molar-refractivity contribution < 1.29 is 4.79 Å². The molecule has 0 aliphatic carbocycles. The molecule has 3 rings (SSSR count). The number of benzene rings is 1. The van der Waals surface area contributed by atoms with Gasteiger partial charge in [-0.25, -0.2) is 0 Å². The molecule has 0 radical (unpaired) electrons. The maximum atomic E-state index is 12.2. The molecule has 2 fully saturated rings. The SMILES string of the molecule is N#Cc1ccc(CNC(=O)CC[C@@H]2CCCN3CCCC[C@H]23)cc1. The first-order chi connectivity index (χ1) is 11.8. The van der Waals surface area contributed by atoms with Gasteiger partial charge in [-0.1, -0.05) is 18.6 Å². The van der Waals surface area contributed by atoms with Crippen LogP contribution in [0, 0.1) is 17.2 Å². The molecule has 2 aliphatic heterocycles. The van der Waals surface area contributed by atoms with Crippen LogP contribution in [0.3, 0.4) is 0 Å². The summed E-state index contributed by atoms with van der Waals surface area (Å²) >= 11 is 0. The Kier molecular flexibility index (Phi) is 5.87. The van der Waals surface area contributed by atoms with Gasteiger partial charge in [-0.2, -0.15) is 5.26 Å². The van der Waals surface area contributed by atoms with Crippen LogP contribution in [0.2, 0.25) is 0 Å². The molecular formula is C20H27N3O. The summed E-state index contributed by atoms with van der Waals surface area (Å²) in [6, 6.07) is 10.2. The molecule has 2 heterocycles. The monoisotopic (exact) mass is 325 g/mol. The fourth-order valence-corrected chi connectivity index (χ4v) is 4.22. The number of amides is 1. The smallest absolute Gasteiger partial charge is 0.220 e. The number of rotatable bonds is 5. The van der Waals surface area contributed by atoms with Crippen molar-refractivity contribution in [2.24, 2.45) is 5.92 Å². The first-order valence-electron chi connectivity index (χ1n) is 9.26. The summed E-state index contributed by atoms with van der Waals surface area (Å²) in [5, 5.41) is 11.8. The molecule has 2 atom stereocenters. The molecule has 24 heavy (non-hydrogen) atoms. The Labute approximate surface area is 144 Å². The summed E-state index contributed by atoms with van der Waals surface area (Å²) in [4.78, 5) is 14.8. The van der Waals surface area contributed by atoms with Gasteiger partial charge < -0.3 is 10.2 Å². The van der Waals surface area contributed by atoms with Gasteiger partial charge in [0.2, 0.25) is 5.91 Å². The van der Waals surface area contributed by atoms with Gasteiger partial charge in [-0.05, 0) is 68.8 Å². The number of nitrogens with zero attached hydrogens (tertiary/aromatic N) is 2. The molecule has 0 saturated carbocycles. The van der Waals surface area contributed by atoms with Crippen LogP contribution < -0.4 is 5.32 Å². The summed E-state index contributed by atoms with van der Waals surface area (Å²) in [6.45, 7) is 3.06. The fraction of sp³-hybridized carbons (Fsp3) is 0.600. The van der Waals surface area contributed by atoms with E-state index in [4.69, 9.17) is 5.26 Å². The number of piperidine rings is 2. The number of carbonyl (C=O) groups excluding carboxylic acids is 1. The number of hydrogen-bond acceptors (Lipinski definition) is 3. The minimum Gasteiger partial charge on any atom is -0.352 e. The third-order valence-corrected chi connectivity index (χ3v) is 5.54. The van der Waals surface area contributed by atoms with Gasteiger partial charge in [0.15, 0.2) is 0 Å². The van der Waals surface area contributed by atoms with Crippen molar-refractivity contribution in [1.82, 2.24) is 10.2 Å². The van der Waals surface area contributed by atoms with Crippen molar-refractivity contribution in [3.8, 4) is 6.07 Å². The Morgan fingerprint density at radius 2 is 1.96 bits per heavy atom. The molecule has 1 aromatic rings. The van der Waals surface area contributed by atoms with E-state index >= 15 is 0 Å². The predicted molar refractivity (Wildman–Crippen MR) is 94.2 cm³/mol. The molecule has 1 N–H and O–H groups in total. The van der Waals surface area contributed by atoms with Gasteiger partial charge >= 0.3 is 0 Å². The highest BCUT2D eigenvalue weighted by molar-refractivity contribution is 5.75. The Bertz CT molecular complexity index is 588. The Morgan fingerprint density at radius 1 is 1.17 bits per heavy atom. The van der Waals surface area contributed by atoms with Gasteiger partial charge in [0, 0.05) is 19.0 Å². The zero-order valence-corrected chi connectivity index (χ0v) is 14.3. The predicted octanol–water partition coefficient (Wildman–Crippen LogP) is 3.22. The van der Waals surface area contributed by atoms with Crippen molar-refractivity contribution in [3.05, 3.63) is 35.4 Å². The van der Waals surface area contributed by atoms with Crippen LogP contribution >= 0.6 is 0 Å². The number of nitriles is 1. The molecular weight excluding hydrogens is 298 g/mol. The standard InChI is InChI=1S/C20H27N3O/c21-14-16-6-8-17(9-7-16)15-22-20(24)11-10-18-4-3-13-23-12-2-1-5-19(18)23/h6-9,18-19H,1-5,10-13,15H2,(H,22,24)/t18-,19+/m0/s1. The molecule has 0 bridgehead atoms. The van der Waals surface area contributed by atoms with E-state index < -0.39 is 0 Å². The van der Waals surface area contributed by atoms with E-state index in [-0.39, 0.29) is 5.91 Å². The highest BCUT2D eigenvalue weighted by atomic mass is 16.1. The normalized spacial score (nSPS) is 24.0. The van der Waals surface area contributed by atoms with Crippen molar-refractivity contribution in [3.63, 3.8) is 0 Å². The minimum atomic E-state index is 0.146. The molecule has 128 valence electrons.